The van der Waals surface area contributed by atoms with Gasteiger partial charge < -0.3 is 4.43 Å². The van der Waals surface area contributed by atoms with Gasteiger partial charge in [0.25, 0.3) is 0 Å². The minimum atomic E-state index is -1.27. The van der Waals surface area contributed by atoms with Crippen LogP contribution in [0, 0.1) is 0 Å². The third-order valence-electron chi connectivity index (χ3n) is 1.52. The molecule has 2 heteroatoms. The summed E-state index contributed by atoms with van der Waals surface area (Å²) in [5, 5.41) is 0. The highest BCUT2D eigenvalue weighted by molar-refractivity contribution is 6.69. The van der Waals surface area contributed by atoms with E-state index in [2.05, 4.69) is 33.5 Å². The maximum atomic E-state index is 5.88. The lowest BCUT2D eigenvalue weighted by Gasteiger charge is -2.23. The molecule has 0 aromatic rings. The van der Waals surface area contributed by atoms with E-state index in [4.69, 9.17) is 4.43 Å². The van der Waals surface area contributed by atoms with E-state index in [1.165, 1.54) is 19.3 Å². The van der Waals surface area contributed by atoms with E-state index in [0.717, 1.165) is 0 Å². The lowest BCUT2D eigenvalue weighted by Crippen LogP contribution is -2.30. The van der Waals surface area contributed by atoms with Crippen molar-refractivity contribution in [2.75, 3.05) is 0 Å². The predicted molar refractivity (Wildman–Crippen MR) is 53.4 cm³/mol. The van der Waals surface area contributed by atoms with Crippen LogP contribution in [0.2, 0.25) is 19.6 Å². The minimum absolute atomic E-state index is 0.474. The first-order valence-electron chi connectivity index (χ1n) is 4.63. The van der Waals surface area contributed by atoms with Crippen LogP contribution in [0.1, 0.15) is 33.1 Å². The van der Waals surface area contributed by atoms with Gasteiger partial charge in [0.1, 0.15) is 0 Å². The zero-order chi connectivity index (χ0) is 8.91. The van der Waals surface area contributed by atoms with Crippen LogP contribution < -0.4 is 0 Å². The Morgan fingerprint density at radius 2 is 1.82 bits per heavy atom. The molecule has 0 unspecified atom stereocenters. The lowest BCUT2D eigenvalue weighted by atomic mass is 10.2. The van der Waals surface area contributed by atoms with Crippen molar-refractivity contribution in [1.82, 2.24) is 0 Å². The third-order valence-corrected chi connectivity index (χ3v) is 2.63. The summed E-state index contributed by atoms with van der Waals surface area (Å²) < 4.78 is 5.88. The summed E-state index contributed by atoms with van der Waals surface area (Å²) in [6.45, 7) is 11.1. The van der Waals surface area contributed by atoms with Crippen molar-refractivity contribution in [3.63, 3.8) is 0 Å². The number of hydrogen-bond donors (Lipinski definition) is 0. The zero-order valence-electron chi connectivity index (χ0n) is 8.61. The number of rotatable bonds is 5. The summed E-state index contributed by atoms with van der Waals surface area (Å²) in [6, 6.07) is 0. The molecule has 0 aliphatic rings. The normalized spacial score (nSPS) is 15.0. The van der Waals surface area contributed by atoms with Crippen molar-refractivity contribution in [1.29, 1.82) is 0 Å². The summed E-state index contributed by atoms with van der Waals surface area (Å²) in [5.41, 5.74) is 0. The molecule has 0 spiro atoms. The SMILES string of the molecule is CCCC[C@@H](C)O[Si](C)(C)C. The maximum Gasteiger partial charge on any atom is 0.184 e. The van der Waals surface area contributed by atoms with Gasteiger partial charge in [0, 0.05) is 6.10 Å². The van der Waals surface area contributed by atoms with Gasteiger partial charge in [-0.15, -0.1) is 0 Å². The van der Waals surface area contributed by atoms with E-state index in [9.17, 15) is 0 Å². The van der Waals surface area contributed by atoms with E-state index in [1.807, 2.05) is 0 Å². The fraction of sp³-hybridized carbons (Fsp3) is 1.00. The molecule has 0 saturated heterocycles. The highest BCUT2D eigenvalue weighted by Crippen LogP contribution is 2.11. The molecule has 0 amide bonds. The summed E-state index contributed by atoms with van der Waals surface area (Å²) in [5.74, 6) is 0. The molecule has 0 bridgehead atoms. The predicted octanol–water partition coefficient (Wildman–Crippen LogP) is 3.42. The Balaban J connectivity index is 3.44. The van der Waals surface area contributed by atoms with Gasteiger partial charge in [0.15, 0.2) is 8.32 Å². The van der Waals surface area contributed by atoms with E-state index >= 15 is 0 Å². The molecular formula is C9H22OSi. The Morgan fingerprint density at radius 3 is 2.18 bits per heavy atom. The molecule has 0 saturated carbocycles. The third kappa shape index (κ3) is 8.08. The van der Waals surface area contributed by atoms with Gasteiger partial charge in [0.2, 0.25) is 0 Å². The van der Waals surface area contributed by atoms with Crippen LogP contribution in [0.15, 0.2) is 0 Å². The molecule has 0 heterocycles. The fourth-order valence-corrected chi connectivity index (χ4v) is 2.48. The molecule has 0 aromatic carbocycles. The molecule has 0 aliphatic heterocycles. The Kier molecular flexibility index (Phi) is 5.02. The Labute approximate surface area is 72.3 Å². The van der Waals surface area contributed by atoms with Crippen LogP contribution in [-0.2, 0) is 4.43 Å². The van der Waals surface area contributed by atoms with E-state index < -0.39 is 8.32 Å². The Bertz CT molecular complexity index is 96.2. The Hall–Kier alpha value is 0.177. The first-order chi connectivity index (χ1) is 4.95. The van der Waals surface area contributed by atoms with Gasteiger partial charge in [-0.1, -0.05) is 19.8 Å². The number of unbranched alkanes of at least 4 members (excludes halogenated alkanes) is 1. The summed E-state index contributed by atoms with van der Waals surface area (Å²) in [4.78, 5) is 0. The monoisotopic (exact) mass is 174 g/mol. The molecule has 0 rings (SSSR count). The molecule has 1 atom stereocenters. The van der Waals surface area contributed by atoms with Crippen LogP contribution in [0.25, 0.3) is 0 Å². The minimum Gasteiger partial charge on any atom is -0.415 e. The van der Waals surface area contributed by atoms with Gasteiger partial charge >= 0.3 is 0 Å². The molecule has 68 valence electrons. The van der Waals surface area contributed by atoms with Crippen LogP contribution >= 0.6 is 0 Å². The first-order valence-corrected chi connectivity index (χ1v) is 8.04. The molecule has 11 heavy (non-hydrogen) atoms. The van der Waals surface area contributed by atoms with Crippen molar-refractivity contribution in [3.05, 3.63) is 0 Å². The second-order valence-electron chi connectivity index (χ2n) is 4.18. The summed E-state index contributed by atoms with van der Waals surface area (Å²) in [7, 11) is -1.27. The summed E-state index contributed by atoms with van der Waals surface area (Å²) in [6.07, 6.45) is 4.27. The van der Waals surface area contributed by atoms with Crippen molar-refractivity contribution in [2.45, 2.75) is 58.9 Å². The lowest BCUT2D eigenvalue weighted by molar-refractivity contribution is 0.200. The van der Waals surface area contributed by atoms with Crippen molar-refractivity contribution in [2.24, 2.45) is 0 Å². The van der Waals surface area contributed by atoms with Crippen LogP contribution in [0.4, 0.5) is 0 Å². The quantitative estimate of drug-likeness (QED) is 0.580. The van der Waals surface area contributed by atoms with Gasteiger partial charge in [-0.05, 0) is 33.0 Å². The van der Waals surface area contributed by atoms with Crippen LogP contribution in [-0.4, -0.2) is 14.4 Å². The molecule has 0 N–H and O–H groups in total. The van der Waals surface area contributed by atoms with E-state index in [0.29, 0.717) is 6.10 Å². The fourth-order valence-electron chi connectivity index (χ4n) is 1.15. The van der Waals surface area contributed by atoms with Crippen LogP contribution in [0.5, 0.6) is 0 Å². The van der Waals surface area contributed by atoms with E-state index in [-0.39, 0.29) is 0 Å². The standard InChI is InChI=1S/C9H22OSi/c1-6-7-8-9(2)10-11(3,4)5/h9H,6-8H2,1-5H3/t9-/m1/s1. The molecular weight excluding hydrogens is 152 g/mol. The molecule has 0 fully saturated rings. The average molecular weight is 174 g/mol. The smallest absolute Gasteiger partial charge is 0.184 e. The highest BCUT2D eigenvalue weighted by Gasteiger charge is 2.17. The van der Waals surface area contributed by atoms with Gasteiger partial charge in [0.05, 0.1) is 0 Å². The summed E-state index contributed by atoms with van der Waals surface area (Å²) >= 11 is 0. The number of hydrogen-bond acceptors (Lipinski definition) is 1. The van der Waals surface area contributed by atoms with Gasteiger partial charge in [-0.2, -0.15) is 0 Å². The second kappa shape index (κ2) is 4.94. The molecule has 0 radical (unpaired) electrons. The Morgan fingerprint density at radius 1 is 1.27 bits per heavy atom. The first kappa shape index (κ1) is 11.2. The molecule has 0 aliphatic carbocycles. The van der Waals surface area contributed by atoms with Crippen molar-refractivity contribution in [3.8, 4) is 0 Å². The molecule has 1 nitrogen and oxygen atoms in total. The zero-order valence-corrected chi connectivity index (χ0v) is 9.61. The largest absolute Gasteiger partial charge is 0.415 e. The highest BCUT2D eigenvalue weighted by atomic mass is 28.4. The average Bonchev–Trinajstić information content (AvgIpc) is 1.79. The van der Waals surface area contributed by atoms with Gasteiger partial charge in [-0.3, -0.25) is 0 Å². The topological polar surface area (TPSA) is 9.23 Å². The van der Waals surface area contributed by atoms with Crippen molar-refractivity contribution >= 4 is 8.32 Å². The maximum absolute atomic E-state index is 5.88. The van der Waals surface area contributed by atoms with Crippen LogP contribution in [0.3, 0.4) is 0 Å². The van der Waals surface area contributed by atoms with E-state index in [1.54, 1.807) is 0 Å². The van der Waals surface area contributed by atoms with Gasteiger partial charge in [-0.25, -0.2) is 0 Å². The van der Waals surface area contributed by atoms with Crippen molar-refractivity contribution < 1.29 is 4.43 Å². The molecule has 0 aromatic heterocycles. The second-order valence-corrected chi connectivity index (χ2v) is 8.64.